The van der Waals surface area contributed by atoms with Gasteiger partial charge in [0.05, 0.1) is 17.4 Å². The van der Waals surface area contributed by atoms with E-state index >= 15 is 0 Å². The molecule has 7 heteroatoms. The first-order valence-corrected chi connectivity index (χ1v) is 8.33. The molecule has 1 aliphatic rings. The van der Waals surface area contributed by atoms with Gasteiger partial charge in [-0.3, -0.25) is 19.5 Å². The normalized spacial score (nSPS) is 18.7. The molecule has 0 bridgehead atoms. The van der Waals surface area contributed by atoms with Crippen LogP contribution in [0.1, 0.15) is 35.2 Å². The molecule has 126 valence electrons. The van der Waals surface area contributed by atoms with Crippen LogP contribution in [0.15, 0.2) is 23.0 Å². The maximum atomic E-state index is 12.2. The van der Waals surface area contributed by atoms with Gasteiger partial charge in [-0.05, 0) is 33.3 Å². The van der Waals surface area contributed by atoms with Crippen LogP contribution in [0, 0.1) is 20.8 Å². The summed E-state index contributed by atoms with van der Waals surface area (Å²) in [4.78, 5) is 19.1. The van der Waals surface area contributed by atoms with Crippen LogP contribution in [0.3, 0.4) is 0 Å². The third-order valence-corrected chi connectivity index (χ3v) is 4.66. The number of rotatable bonds is 3. The molecule has 1 atom stereocenters. The Bertz CT molecular complexity index is 950. The van der Waals surface area contributed by atoms with Crippen LogP contribution in [-0.4, -0.2) is 42.4 Å². The number of aryl methyl sites for hydroxylation is 3. The predicted octanol–water partition coefficient (Wildman–Crippen LogP) is 1.59. The van der Waals surface area contributed by atoms with Gasteiger partial charge in [-0.1, -0.05) is 0 Å². The molecule has 0 spiro atoms. The van der Waals surface area contributed by atoms with E-state index in [0.717, 1.165) is 36.6 Å². The quantitative estimate of drug-likeness (QED) is 0.793. The van der Waals surface area contributed by atoms with Crippen LogP contribution in [-0.2, 0) is 6.54 Å². The van der Waals surface area contributed by atoms with Crippen molar-refractivity contribution in [2.45, 2.75) is 39.8 Å². The highest BCUT2D eigenvalue weighted by molar-refractivity contribution is 5.39. The molecular formula is C17H22N6O. The largest absolute Gasteiger partial charge is 0.295 e. The second kappa shape index (κ2) is 5.59. The molecule has 4 heterocycles. The van der Waals surface area contributed by atoms with E-state index in [-0.39, 0.29) is 5.56 Å². The number of likely N-dealkylation sites (tertiary alicyclic amines) is 1. The van der Waals surface area contributed by atoms with Gasteiger partial charge >= 0.3 is 0 Å². The molecule has 0 radical (unpaired) electrons. The number of H-pyrrole nitrogens is 1. The topological polar surface area (TPSA) is 71.2 Å². The minimum absolute atomic E-state index is 0.0580. The summed E-state index contributed by atoms with van der Waals surface area (Å²) in [5.74, 6) is 0. The van der Waals surface area contributed by atoms with Gasteiger partial charge in [-0.15, -0.1) is 0 Å². The number of nitrogens with zero attached hydrogens (tertiary/aromatic N) is 5. The summed E-state index contributed by atoms with van der Waals surface area (Å²) in [6, 6.07) is 6.04. The molecule has 1 saturated heterocycles. The lowest BCUT2D eigenvalue weighted by atomic mass is 10.2. The molecule has 1 unspecified atom stereocenters. The van der Waals surface area contributed by atoms with Crippen molar-refractivity contribution in [3.8, 4) is 0 Å². The summed E-state index contributed by atoms with van der Waals surface area (Å²) in [7, 11) is 0. The fourth-order valence-corrected chi connectivity index (χ4v) is 3.64. The van der Waals surface area contributed by atoms with Crippen molar-refractivity contribution in [3.05, 3.63) is 51.3 Å². The third-order valence-electron chi connectivity index (χ3n) is 4.66. The zero-order valence-corrected chi connectivity index (χ0v) is 14.3. The highest BCUT2D eigenvalue weighted by Crippen LogP contribution is 2.24. The lowest BCUT2D eigenvalue weighted by Gasteiger charge is -2.16. The number of hydrogen-bond donors (Lipinski definition) is 1. The predicted molar refractivity (Wildman–Crippen MR) is 91.2 cm³/mol. The van der Waals surface area contributed by atoms with Gasteiger partial charge in [-0.25, -0.2) is 9.50 Å². The first kappa shape index (κ1) is 15.1. The summed E-state index contributed by atoms with van der Waals surface area (Å²) in [6.07, 6.45) is 1.08. The molecule has 1 fully saturated rings. The van der Waals surface area contributed by atoms with E-state index in [9.17, 15) is 4.79 Å². The molecule has 0 aliphatic carbocycles. The van der Waals surface area contributed by atoms with E-state index < -0.39 is 0 Å². The van der Waals surface area contributed by atoms with Crippen LogP contribution in [0.25, 0.3) is 5.65 Å². The Morgan fingerprint density at radius 3 is 2.83 bits per heavy atom. The first-order chi connectivity index (χ1) is 11.5. The van der Waals surface area contributed by atoms with Gasteiger partial charge in [0.15, 0.2) is 5.65 Å². The molecule has 3 aromatic rings. The standard InChI is InChI=1S/C17H22N6O/c1-11-6-13(3)22(19-11)15-4-5-21(10-15)9-14-8-17(24)23-16(18-14)7-12(2)20-23/h6-8,15,20H,4-5,9-10H2,1-3H3. The van der Waals surface area contributed by atoms with Gasteiger partial charge in [0.2, 0.25) is 0 Å². The van der Waals surface area contributed by atoms with Crippen LogP contribution in [0.5, 0.6) is 0 Å². The zero-order valence-electron chi connectivity index (χ0n) is 14.3. The average Bonchev–Trinajstić information content (AvgIpc) is 3.18. The Balaban J connectivity index is 1.52. The van der Waals surface area contributed by atoms with E-state index in [4.69, 9.17) is 0 Å². The Labute approximate surface area is 139 Å². The van der Waals surface area contributed by atoms with E-state index in [2.05, 4.69) is 37.8 Å². The number of nitrogens with one attached hydrogen (secondary N) is 1. The monoisotopic (exact) mass is 326 g/mol. The Morgan fingerprint density at radius 1 is 1.25 bits per heavy atom. The Hall–Kier alpha value is -2.41. The highest BCUT2D eigenvalue weighted by Gasteiger charge is 2.26. The fraction of sp³-hybridized carbons (Fsp3) is 0.471. The molecule has 7 nitrogen and oxygen atoms in total. The summed E-state index contributed by atoms with van der Waals surface area (Å²) in [6.45, 7) is 8.69. The molecule has 0 aromatic carbocycles. The van der Waals surface area contributed by atoms with Crippen LogP contribution in [0.2, 0.25) is 0 Å². The number of fused-ring (bicyclic) bond motifs is 1. The Kier molecular flexibility index (Phi) is 3.53. The summed E-state index contributed by atoms with van der Waals surface area (Å²) in [5.41, 5.74) is 4.66. The molecular weight excluding hydrogens is 304 g/mol. The number of aromatic nitrogens is 5. The maximum Gasteiger partial charge on any atom is 0.272 e. The minimum Gasteiger partial charge on any atom is -0.295 e. The number of aromatic amines is 1. The van der Waals surface area contributed by atoms with Gasteiger partial charge in [-0.2, -0.15) is 5.10 Å². The second-order valence-corrected chi connectivity index (χ2v) is 6.77. The molecule has 1 aliphatic heterocycles. The van der Waals surface area contributed by atoms with Gasteiger partial charge < -0.3 is 0 Å². The van der Waals surface area contributed by atoms with E-state index in [1.54, 1.807) is 6.07 Å². The van der Waals surface area contributed by atoms with Crippen molar-refractivity contribution in [1.29, 1.82) is 0 Å². The zero-order chi connectivity index (χ0) is 16.8. The van der Waals surface area contributed by atoms with E-state index in [0.29, 0.717) is 18.2 Å². The summed E-state index contributed by atoms with van der Waals surface area (Å²) in [5, 5.41) is 7.61. The van der Waals surface area contributed by atoms with Crippen LogP contribution < -0.4 is 5.56 Å². The molecule has 0 saturated carbocycles. The fourth-order valence-electron chi connectivity index (χ4n) is 3.64. The van der Waals surface area contributed by atoms with Crippen molar-refractivity contribution in [2.75, 3.05) is 13.1 Å². The van der Waals surface area contributed by atoms with Crippen molar-refractivity contribution < 1.29 is 0 Å². The molecule has 24 heavy (non-hydrogen) atoms. The Morgan fingerprint density at radius 2 is 2.08 bits per heavy atom. The first-order valence-electron chi connectivity index (χ1n) is 8.33. The average molecular weight is 326 g/mol. The summed E-state index contributed by atoms with van der Waals surface area (Å²) >= 11 is 0. The second-order valence-electron chi connectivity index (χ2n) is 6.77. The smallest absolute Gasteiger partial charge is 0.272 e. The van der Waals surface area contributed by atoms with Crippen molar-refractivity contribution >= 4 is 5.65 Å². The maximum absolute atomic E-state index is 12.2. The third kappa shape index (κ3) is 2.65. The lowest BCUT2D eigenvalue weighted by Crippen LogP contribution is -2.24. The minimum atomic E-state index is -0.0580. The van der Waals surface area contributed by atoms with Crippen LogP contribution >= 0.6 is 0 Å². The van der Waals surface area contributed by atoms with Crippen LogP contribution in [0.4, 0.5) is 0 Å². The van der Waals surface area contributed by atoms with E-state index in [1.807, 2.05) is 19.9 Å². The van der Waals surface area contributed by atoms with E-state index in [1.165, 1.54) is 10.2 Å². The van der Waals surface area contributed by atoms with Gasteiger partial charge in [0.25, 0.3) is 5.56 Å². The SMILES string of the molecule is Cc1cc(C)n(C2CCN(Cc3cc(=O)n4[nH]c(C)cc4n3)C2)n1. The van der Waals surface area contributed by atoms with Crippen molar-refractivity contribution in [1.82, 2.24) is 29.3 Å². The summed E-state index contributed by atoms with van der Waals surface area (Å²) < 4.78 is 3.62. The van der Waals surface area contributed by atoms with Crippen molar-refractivity contribution in [2.24, 2.45) is 0 Å². The molecule has 0 amide bonds. The molecule has 3 aromatic heterocycles. The highest BCUT2D eigenvalue weighted by atomic mass is 16.1. The lowest BCUT2D eigenvalue weighted by molar-refractivity contribution is 0.307. The van der Waals surface area contributed by atoms with Gasteiger partial charge in [0.1, 0.15) is 0 Å². The number of hydrogen-bond acceptors (Lipinski definition) is 4. The van der Waals surface area contributed by atoms with Crippen molar-refractivity contribution in [3.63, 3.8) is 0 Å². The van der Waals surface area contributed by atoms with Gasteiger partial charge in [0, 0.05) is 43.2 Å². The molecule has 1 N–H and O–H groups in total. The molecule has 4 rings (SSSR count).